The molecule has 0 aliphatic carbocycles. The fourth-order valence-corrected chi connectivity index (χ4v) is 8.17. The Hall–Kier alpha value is -3.96. The quantitative estimate of drug-likeness (QED) is 0.119. The third-order valence-electron chi connectivity index (χ3n) is 9.13. The number of methoxy groups -OCH3 is 1. The van der Waals surface area contributed by atoms with Crippen LogP contribution in [0.3, 0.4) is 0 Å². The number of fused-ring (bicyclic) bond motifs is 2. The predicted molar refractivity (Wildman–Crippen MR) is 186 cm³/mol. The van der Waals surface area contributed by atoms with E-state index in [-0.39, 0.29) is 10.6 Å². The lowest BCUT2D eigenvalue weighted by Crippen LogP contribution is -2.20. The third-order valence-corrected chi connectivity index (χ3v) is 11.1. The number of sulfone groups is 1. The Morgan fingerprint density at radius 3 is 2.09 bits per heavy atom. The number of hydrogen-bond acceptors (Lipinski definition) is 9. The van der Waals surface area contributed by atoms with Crippen molar-refractivity contribution in [2.75, 3.05) is 38.6 Å². The molecule has 47 heavy (non-hydrogen) atoms. The lowest BCUT2D eigenvalue weighted by Gasteiger charge is -2.22. The largest absolute Gasteiger partial charge is 0.507 e. The van der Waals surface area contributed by atoms with Crippen LogP contribution >= 0.6 is 11.6 Å². The fourth-order valence-electron chi connectivity index (χ4n) is 6.68. The summed E-state index contributed by atoms with van der Waals surface area (Å²) in [4.78, 5) is 14.6. The Labute approximate surface area is 280 Å². The summed E-state index contributed by atoms with van der Waals surface area (Å²) < 4.78 is 32.5. The van der Waals surface area contributed by atoms with Crippen LogP contribution < -0.4 is 10.1 Å². The number of rotatable bonds is 10. The molecule has 4 heterocycles. The van der Waals surface area contributed by atoms with Crippen LogP contribution in [0.15, 0.2) is 71.6 Å². The molecule has 11 heteroatoms. The van der Waals surface area contributed by atoms with Crippen LogP contribution in [0.2, 0.25) is 5.02 Å². The number of pyridine rings is 2. The van der Waals surface area contributed by atoms with E-state index in [9.17, 15) is 13.5 Å². The fraction of sp³-hybridized carbons (Fsp3) is 0.333. The number of hydrogen-bond donors (Lipinski definition) is 2. The highest BCUT2D eigenvalue weighted by Gasteiger charge is 2.22. The number of aromatic hydroxyl groups is 1. The molecule has 2 aromatic heterocycles. The Balaban J connectivity index is 1.32. The standard InChI is InChI=1S/C36H38ClN5O4S/c1-46-33-13-12-31-35(40-33)34(30-11-10-29(20-32(30)39-31)47(44,45)23-24-6-8-27(37)9-7-24)38-28-18-25(21-41-14-2-3-15-41)36(43)26(19-28)22-42-16-4-5-17-42/h6-13,18-20,43H,2-5,14-17,21-23H2,1H3,(H,38,39). The molecule has 9 nitrogen and oxygen atoms in total. The maximum absolute atomic E-state index is 13.5. The average Bonchev–Trinajstić information content (AvgIpc) is 3.78. The molecule has 3 aromatic carbocycles. The van der Waals surface area contributed by atoms with Crippen molar-refractivity contribution >= 4 is 54.7 Å². The van der Waals surface area contributed by atoms with E-state index in [1.165, 1.54) is 25.7 Å². The third kappa shape index (κ3) is 6.87. The number of halogens is 1. The number of phenols is 1. The Kier molecular flexibility index (Phi) is 8.93. The minimum atomic E-state index is -3.67. The summed E-state index contributed by atoms with van der Waals surface area (Å²) >= 11 is 6.01. The zero-order valence-electron chi connectivity index (χ0n) is 26.4. The van der Waals surface area contributed by atoms with Gasteiger partial charge in [0.1, 0.15) is 11.3 Å². The van der Waals surface area contributed by atoms with Gasteiger partial charge in [-0.3, -0.25) is 9.80 Å². The Bertz CT molecular complexity index is 2000. The minimum absolute atomic E-state index is 0.153. The van der Waals surface area contributed by atoms with Crippen molar-refractivity contribution in [3.8, 4) is 11.6 Å². The van der Waals surface area contributed by atoms with Crippen LogP contribution in [-0.2, 0) is 28.7 Å². The van der Waals surface area contributed by atoms with Crippen molar-refractivity contribution in [2.24, 2.45) is 0 Å². The second-order valence-electron chi connectivity index (χ2n) is 12.5. The van der Waals surface area contributed by atoms with Crippen molar-refractivity contribution < 1.29 is 18.3 Å². The molecule has 0 saturated carbocycles. The van der Waals surface area contributed by atoms with Crippen molar-refractivity contribution in [1.29, 1.82) is 0 Å². The minimum Gasteiger partial charge on any atom is -0.507 e. The van der Waals surface area contributed by atoms with Crippen LogP contribution in [0.5, 0.6) is 11.6 Å². The van der Waals surface area contributed by atoms with Gasteiger partial charge < -0.3 is 15.2 Å². The van der Waals surface area contributed by atoms with Crippen LogP contribution in [0, 0.1) is 0 Å². The van der Waals surface area contributed by atoms with Crippen molar-refractivity contribution in [1.82, 2.24) is 19.8 Å². The first-order valence-corrected chi connectivity index (χ1v) is 18.1. The highest BCUT2D eigenvalue weighted by atomic mass is 35.5. The first-order chi connectivity index (χ1) is 22.8. The van der Waals surface area contributed by atoms with Crippen LogP contribution in [-0.4, -0.2) is 66.6 Å². The Morgan fingerprint density at radius 2 is 1.47 bits per heavy atom. The molecule has 0 atom stereocenters. The van der Waals surface area contributed by atoms with Gasteiger partial charge in [0.25, 0.3) is 0 Å². The van der Waals surface area contributed by atoms with Gasteiger partial charge in [0.15, 0.2) is 9.84 Å². The van der Waals surface area contributed by atoms with Gasteiger partial charge in [-0.1, -0.05) is 23.7 Å². The molecule has 244 valence electrons. The number of nitrogens with one attached hydrogen (secondary N) is 1. The number of anilines is 2. The van der Waals surface area contributed by atoms with Gasteiger partial charge >= 0.3 is 0 Å². The van der Waals surface area contributed by atoms with Crippen LogP contribution in [0.1, 0.15) is 42.4 Å². The molecule has 0 radical (unpaired) electrons. The summed E-state index contributed by atoms with van der Waals surface area (Å²) in [6.45, 7) is 5.42. The van der Waals surface area contributed by atoms with Gasteiger partial charge in [0.2, 0.25) is 5.88 Å². The van der Waals surface area contributed by atoms with Gasteiger partial charge in [0.05, 0.1) is 34.5 Å². The highest BCUT2D eigenvalue weighted by Crippen LogP contribution is 2.37. The summed E-state index contributed by atoms with van der Waals surface area (Å²) in [7, 11) is -2.10. The smallest absolute Gasteiger partial charge is 0.213 e. The molecule has 0 bridgehead atoms. The van der Waals surface area contributed by atoms with Crippen molar-refractivity contribution in [3.63, 3.8) is 0 Å². The normalized spacial score (nSPS) is 16.0. The number of phenolic OH excluding ortho intramolecular Hbond substituents is 1. The van der Waals surface area contributed by atoms with Crippen molar-refractivity contribution in [3.05, 3.63) is 88.4 Å². The zero-order valence-corrected chi connectivity index (χ0v) is 27.9. The van der Waals surface area contributed by atoms with Gasteiger partial charge in [-0.2, -0.15) is 0 Å². The second kappa shape index (κ2) is 13.3. The van der Waals surface area contributed by atoms with Crippen LogP contribution in [0.4, 0.5) is 11.4 Å². The highest BCUT2D eigenvalue weighted by molar-refractivity contribution is 7.90. The monoisotopic (exact) mass is 671 g/mol. The average molecular weight is 672 g/mol. The van der Waals surface area contributed by atoms with E-state index in [2.05, 4.69) is 15.1 Å². The maximum atomic E-state index is 13.5. The number of nitrogens with zero attached hydrogens (tertiary/aromatic N) is 4. The van der Waals surface area contributed by atoms with E-state index in [0.717, 1.165) is 48.4 Å². The summed E-state index contributed by atoms with van der Waals surface area (Å²) in [5.74, 6) is 0.647. The van der Waals surface area contributed by atoms with E-state index in [1.807, 2.05) is 18.2 Å². The number of benzene rings is 3. The summed E-state index contributed by atoms with van der Waals surface area (Å²) in [6.07, 6.45) is 4.66. The number of likely N-dealkylation sites (tertiary alicyclic amines) is 2. The van der Waals surface area contributed by atoms with E-state index >= 15 is 0 Å². The van der Waals surface area contributed by atoms with E-state index in [4.69, 9.17) is 26.3 Å². The summed E-state index contributed by atoms with van der Waals surface area (Å²) in [6, 6.07) is 19.5. The van der Waals surface area contributed by atoms with Crippen molar-refractivity contribution in [2.45, 2.75) is 49.4 Å². The van der Waals surface area contributed by atoms with E-state index in [1.54, 1.807) is 55.6 Å². The Morgan fingerprint density at radius 1 is 0.830 bits per heavy atom. The zero-order chi connectivity index (χ0) is 32.5. The SMILES string of the molecule is COc1ccc2nc3cc(S(=O)(=O)Cc4ccc(Cl)cc4)ccc3c(Nc3cc(CN4CCCC4)c(O)c(CN4CCCC4)c3)c2n1. The maximum Gasteiger partial charge on any atom is 0.213 e. The van der Waals surface area contributed by atoms with Gasteiger partial charge in [0, 0.05) is 46.4 Å². The molecule has 2 saturated heterocycles. The number of aromatic nitrogens is 2. The molecule has 2 aliphatic rings. The van der Waals surface area contributed by atoms with Gasteiger partial charge in [-0.25, -0.2) is 18.4 Å². The summed E-state index contributed by atoms with van der Waals surface area (Å²) in [5, 5.41) is 16.4. The first-order valence-electron chi connectivity index (χ1n) is 16.1. The molecular formula is C36H38ClN5O4S. The molecular weight excluding hydrogens is 634 g/mol. The van der Waals surface area contributed by atoms with Gasteiger partial charge in [-0.15, -0.1) is 0 Å². The molecule has 0 spiro atoms. The van der Waals surface area contributed by atoms with E-state index < -0.39 is 9.84 Å². The summed E-state index contributed by atoms with van der Waals surface area (Å²) in [5.41, 5.74) is 5.66. The topological polar surface area (TPSA) is 108 Å². The molecule has 2 N–H and O–H groups in total. The molecule has 7 rings (SSSR count). The van der Waals surface area contributed by atoms with Gasteiger partial charge in [-0.05, 0) is 106 Å². The molecule has 0 amide bonds. The lowest BCUT2D eigenvalue weighted by atomic mass is 10.0. The predicted octanol–water partition coefficient (Wildman–Crippen LogP) is 7.06. The second-order valence-corrected chi connectivity index (χ2v) is 14.9. The van der Waals surface area contributed by atoms with E-state index in [0.29, 0.717) is 57.5 Å². The van der Waals surface area contributed by atoms with Crippen LogP contribution in [0.25, 0.3) is 21.9 Å². The first kappa shape index (κ1) is 31.6. The lowest BCUT2D eigenvalue weighted by molar-refractivity contribution is 0.312. The number of ether oxygens (including phenoxy) is 1. The molecule has 2 aliphatic heterocycles. The molecule has 5 aromatic rings. The molecule has 2 fully saturated rings. The molecule has 0 unspecified atom stereocenters.